The molecule has 1 heterocycles. The molecule has 11 heteroatoms. The fourth-order valence-corrected chi connectivity index (χ4v) is 2.55. The molecule has 0 aromatic rings. The second-order valence-corrected chi connectivity index (χ2v) is 5.96. The fraction of sp³-hybridized carbons (Fsp3) is 0.909. The molecule has 1 saturated heterocycles. The molecular formula is C11H20N2O8S. The van der Waals surface area contributed by atoms with Gasteiger partial charge in [0, 0.05) is 0 Å². The van der Waals surface area contributed by atoms with Crippen LogP contribution in [-0.2, 0) is 9.53 Å². The zero-order chi connectivity index (χ0) is 16.9. The van der Waals surface area contributed by atoms with Crippen molar-refractivity contribution in [3.63, 3.8) is 0 Å². The average molecular weight is 340 g/mol. The molecule has 128 valence electrons. The number of carboxylic acids is 1. The van der Waals surface area contributed by atoms with Crippen molar-refractivity contribution >= 4 is 17.7 Å². The molecule has 0 saturated carbocycles. The lowest BCUT2D eigenvalue weighted by atomic mass is 9.96. The van der Waals surface area contributed by atoms with Gasteiger partial charge in [-0.15, -0.1) is 4.91 Å². The van der Waals surface area contributed by atoms with Crippen molar-refractivity contribution in [3.05, 3.63) is 4.91 Å². The summed E-state index contributed by atoms with van der Waals surface area (Å²) in [6.07, 6.45) is -3.17. The minimum absolute atomic E-state index is 0.0829. The molecule has 22 heavy (non-hydrogen) atoms. The van der Waals surface area contributed by atoms with Gasteiger partial charge in [-0.05, 0) is 18.4 Å². The standard InChI is InChI=1S/C11H20N2O8S/c1-22-3-2-6(10(17)18)13(12-20)5-11(19)9(16)8(15)7(14)4-21-11/h6-9,14-16,19H,2-5H2,1H3,(H,17,18)/t6-,7+,8+,9+,11+/m0/s1. The van der Waals surface area contributed by atoms with E-state index in [1.807, 2.05) is 0 Å². The first-order valence-corrected chi connectivity index (χ1v) is 7.88. The van der Waals surface area contributed by atoms with Crippen molar-refractivity contribution in [2.45, 2.75) is 36.6 Å². The second kappa shape index (κ2) is 8.04. The topological polar surface area (TPSA) is 160 Å². The van der Waals surface area contributed by atoms with E-state index in [0.717, 1.165) is 0 Å². The molecule has 0 spiro atoms. The zero-order valence-electron chi connectivity index (χ0n) is 11.9. The van der Waals surface area contributed by atoms with Crippen LogP contribution < -0.4 is 0 Å². The molecule has 1 fully saturated rings. The van der Waals surface area contributed by atoms with E-state index < -0.39 is 49.3 Å². The van der Waals surface area contributed by atoms with Crippen molar-refractivity contribution in [1.29, 1.82) is 0 Å². The first kappa shape index (κ1) is 19.1. The van der Waals surface area contributed by atoms with Gasteiger partial charge in [0.15, 0.2) is 0 Å². The smallest absolute Gasteiger partial charge is 0.328 e. The van der Waals surface area contributed by atoms with Crippen molar-refractivity contribution in [2.75, 3.05) is 25.2 Å². The van der Waals surface area contributed by atoms with Gasteiger partial charge in [0.25, 0.3) is 0 Å². The maximum Gasteiger partial charge on any atom is 0.328 e. The van der Waals surface area contributed by atoms with E-state index in [-0.39, 0.29) is 6.42 Å². The van der Waals surface area contributed by atoms with Gasteiger partial charge in [0.2, 0.25) is 5.79 Å². The molecule has 0 amide bonds. The molecule has 1 aliphatic rings. The van der Waals surface area contributed by atoms with Gasteiger partial charge < -0.3 is 30.3 Å². The number of aliphatic carboxylic acids is 1. The number of carboxylic acid groups (broad SMARTS) is 1. The van der Waals surface area contributed by atoms with Crippen LogP contribution in [0.25, 0.3) is 0 Å². The van der Waals surface area contributed by atoms with E-state index in [4.69, 9.17) is 9.84 Å². The van der Waals surface area contributed by atoms with Crippen LogP contribution in [0.5, 0.6) is 0 Å². The number of aliphatic hydroxyl groups excluding tert-OH is 3. The highest BCUT2D eigenvalue weighted by atomic mass is 32.2. The lowest BCUT2D eigenvalue weighted by Crippen LogP contribution is -2.65. The van der Waals surface area contributed by atoms with Crippen LogP contribution in [0.3, 0.4) is 0 Å². The van der Waals surface area contributed by atoms with Crippen LogP contribution >= 0.6 is 11.8 Å². The maximum absolute atomic E-state index is 11.2. The average Bonchev–Trinajstić information content (AvgIpc) is 2.48. The van der Waals surface area contributed by atoms with E-state index in [1.165, 1.54) is 11.8 Å². The highest BCUT2D eigenvalue weighted by molar-refractivity contribution is 7.98. The van der Waals surface area contributed by atoms with Gasteiger partial charge in [-0.1, -0.05) is 0 Å². The summed E-state index contributed by atoms with van der Waals surface area (Å²) in [6.45, 7) is -1.24. The molecular weight excluding hydrogens is 320 g/mol. The number of carbonyl (C=O) groups is 1. The molecule has 10 nitrogen and oxygen atoms in total. The Morgan fingerprint density at radius 1 is 1.50 bits per heavy atom. The number of nitroso groups, excluding NO2 is 1. The van der Waals surface area contributed by atoms with Crippen molar-refractivity contribution in [2.24, 2.45) is 5.29 Å². The zero-order valence-corrected chi connectivity index (χ0v) is 12.7. The summed E-state index contributed by atoms with van der Waals surface area (Å²) >= 11 is 1.37. The number of rotatable bonds is 8. The van der Waals surface area contributed by atoms with Crippen molar-refractivity contribution in [1.82, 2.24) is 5.01 Å². The van der Waals surface area contributed by atoms with Crippen LogP contribution in [0, 0.1) is 4.91 Å². The van der Waals surface area contributed by atoms with Gasteiger partial charge in [0.05, 0.1) is 18.4 Å². The lowest BCUT2D eigenvalue weighted by molar-refractivity contribution is -0.326. The Morgan fingerprint density at radius 2 is 2.14 bits per heavy atom. The third-order valence-corrected chi connectivity index (χ3v) is 4.06. The molecule has 5 atom stereocenters. The third-order valence-electron chi connectivity index (χ3n) is 3.42. The lowest BCUT2D eigenvalue weighted by Gasteiger charge is -2.43. The van der Waals surface area contributed by atoms with Crippen LogP contribution in [0.2, 0.25) is 0 Å². The number of aliphatic hydroxyl groups is 4. The molecule has 0 aliphatic carbocycles. The van der Waals surface area contributed by atoms with E-state index in [0.29, 0.717) is 10.8 Å². The van der Waals surface area contributed by atoms with Gasteiger partial charge in [-0.3, -0.25) is 0 Å². The number of nitrogens with zero attached hydrogens (tertiary/aromatic N) is 2. The molecule has 0 unspecified atom stereocenters. The first-order chi connectivity index (χ1) is 10.3. The van der Waals surface area contributed by atoms with E-state index >= 15 is 0 Å². The molecule has 0 radical (unpaired) electrons. The Balaban J connectivity index is 2.86. The van der Waals surface area contributed by atoms with Crippen LogP contribution in [0.4, 0.5) is 0 Å². The van der Waals surface area contributed by atoms with E-state index in [1.54, 1.807) is 6.26 Å². The Morgan fingerprint density at radius 3 is 2.64 bits per heavy atom. The summed E-state index contributed by atoms with van der Waals surface area (Å²) in [5, 5.41) is 51.2. The van der Waals surface area contributed by atoms with Crippen LogP contribution in [0.15, 0.2) is 5.29 Å². The normalized spacial score (nSPS) is 33.2. The molecule has 1 aliphatic heterocycles. The van der Waals surface area contributed by atoms with Crippen molar-refractivity contribution < 1.29 is 35.1 Å². The minimum atomic E-state index is -2.42. The van der Waals surface area contributed by atoms with Crippen LogP contribution in [-0.4, -0.2) is 91.8 Å². The molecule has 0 aromatic carbocycles. The SMILES string of the molecule is CSCC[C@@H](C(=O)O)N(C[C@@]1(O)OC[C@@H](O)[C@@H](O)[C@H]1O)N=O. The number of hydrogen-bond acceptors (Lipinski definition) is 9. The predicted molar refractivity (Wildman–Crippen MR) is 75.8 cm³/mol. The number of hydrogen-bond donors (Lipinski definition) is 5. The van der Waals surface area contributed by atoms with Crippen LogP contribution in [0.1, 0.15) is 6.42 Å². The fourth-order valence-electron chi connectivity index (χ4n) is 2.09. The molecule has 1 rings (SSSR count). The Bertz CT molecular complexity index is 400. The first-order valence-electron chi connectivity index (χ1n) is 6.49. The Hall–Kier alpha value is -0.980. The predicted octanol–water partition coefficient (Wildman–Crippen LogP) is -2.02. The summed E-state index contributed by atoms with van der Waals surface area (Å²) in [5.41, 5.74) is 0. The molecule has 0 bridgehead atoms. The highest BCUT2D eigenvalue weighted by Crippen LogP contribution is 2.26. The summed E-state index contributed by atoms with van der Waals surface area (Å²) < 4.78 is 4.88. The maximum atomic E-state index is 11.2. The van der Waals surface area contributed by atoms with Crippen molar-refractivity contribution in [3.8, 4) is 0 Å². The molecule has 5 N–H and O–H groups in total. The van der Waals surface area contributed by atoms with E-state index in [2.05, 4.69) is 5.29 Å². The summed E-state index contributed by atoms with van der Waals surface area (Å²) in [5.74, 6) is -3.30. The third kappa shape index (κ3) is 4.27. The van der Waals surface area contributed by atoms with Gasteiger partial charge >= 0.3 is 5.97 Å². The Kier molecular flexibility index (Phi) is 6.97. The highest BCUT2D eigenvalue weighted by Gasteiger charge is 2.50. The summed E-state index contributed by atoms with van der Waals surface area (Å²) in [7, 11) is 0. The van der Waals surface area contributed by atoms with Gasteiger partial charge in [0.1, 0.15) is 24.4 Å². The monoisotopic (exact) mass is 340 g/mol. The summed E-state index contributed by atoms with van der Waals surface area (Å²) in [6, 6.07) is -1.31. The largest absolute Gasteiger partial charge is 0.480 e. The minimum Gasteiger partial charge on any atom is -0.480 e. The molecule has 0 aromatic heterocycles. The number of ether oxygens (including phenoxy) is 1. The van der Waals surface area contributed by atoms with E-state index in [9.17, 15) is 30.1 Å². The Labute approximate surface area is 130 Å². The second-order valence-electron chi connectivity index (χ2n) is 4.97. The van der Waals surface area contributed by atoms with Gasteiger partial charge in [-0.25, -0.2) is 9.80 Å². The quantitative estimate of drug-likeness (QED) is 0.246. The number of thioether (sulfide) groups is 1. The summed E-state index contributed by atoms with van der Waals surface area (Å²) in [4.78, 5) is 22.2. The van der Waals surface area contributed by atoms with Gasteiger partial charge in [-0.2, -0.15) is 11.8 Å².